The fourth-order valence-corrected chi connectivity index (χ4v) is 3.63. The predicted molar refractivity (Wildman–Crippen MR) is 140 cm³/mol. The number of terminal acetylenes is 1. The van der Waals surface area contributed by atoms with Crippen molar-refractivity contribution in [3.05, 3.63) is 94.5 Å². The van der Waals surface area contributed by atoms with Crippen molar-refractivity contribution < 1.29 is 19.1 Å². The summed E-state index contributed by atoms with van der Waals surface area (Å²) < 4.78 is 11.1. The lowest BCUT2D eigenvalue weighted by Gasteiger charge is -2.18. The Morgan fingerprint density at radius 2 is 1.78 bits per heavy atom. The van der Waals surface area contributed by atoms with Gasteiger partial charge in [0.1, 0.15) is 6.61 Å². The summed E-state index contributed by atoms with van der Waals surface area (Å²) in [6, 6.07) is 20.9. The molecule has 0 aliphatic carbocycles. The van der Waals surface area contributed by atoms with Gasteiger partial charge in [0.25, 0.3) is 5.91 Å². The lowest BCUT2D eigenvalue weighted by molar-refractivity contribution is -0.121. The lowest BCUT2D eigenvalue weighted by atomic mass is 10.0. The van der Waals surface area contributed by atoms with Gasteiger partial charge in [-0.25, -0.2) is 5.43 Å². The molecule has 7 nitrogen and oxygen atoms in total. The Morgan fingerprint density at radius 3 is 2.44 bits per heavy atom. The van der Waals surface area contributed by atoms with Gasteiger partial charge in [0.15, 0.2) is 11.5 Å². The molecule has 8 heteroatoms. The zero-order valence-electron chi connectivity index (χ0n) is 19.7. The Hall–Kier alpha value is -4.28. The number of rotatable bonds is 11. The second kappa shape index (κ2) is 13.6. The van der Waals surface area contributed by atoms with E-state index in [0.717, 1.165) is 5.56 Å². The van der Waals surface area contributed by atoms with Gasteiger partial charge in [-0.1, -0.05) is 66.1 Å². The molecule has 0 saturated heterocycles. The van der Waals surface area contributed by atoms with Gasteiger partial charge in [0.05, 0.1) is 30.3 Å². The number of nitrogens with one attached hydrogen (secondary N) is 2. The van der Waals surface area contributed by atoms with Crippen molar-refractivity contribution in [2.75, 3.05) is 13.2 Å². The summed E-state index contributed by atoms with van der Waals surface area (Å²) in [4.78, 5) is 25.4. The molecular formula is C28H26ClN3O4. The predicted octanol–water partition coefficient (Wildman–Crippen LogP) is 4.76. The van der Waals surface area contributed by atoms with Crippen LogP contribution in [0.3, 0.4) is 0 Å². The number of amides is 2. The van der Waals surface area contributed by atoms with Crippen molar-refractivity contribution in [1.29, 1.82) is 0 Å². The molecule has 0 aliphatic rings. The van der Waals surface area contributed by atoms with Crippen LogP contribution in [0.2, 0.25) is 5.02 Å². The fraction of sp³-hybridized carbons (Fsp3) is 0.179. The van der Waals surface area contributed by atoms with Gasteiger partial charge in [-0.05, 0) is 42.3 Å². The van der Waals surface area contributed by atoms with Crippen molar-refractivity contribution in [3.8, 4) is 23.8 Å². The topological polar surface area (TPSA) is 89.0 Å². The van der Waals surface area contributed by atoms with Crippen LogP contribution in [-0.4, -0.2) is 31.2 Å². The van der Waals surface area contributed by atoms with E-state index in [1.54, 1.807) is 36.4 Å². The standard InChI is InChI=1S/C28H26ClN3O4/c1-3-15-36-27-23(29)16-20(17-25(27)35-4-2)19-30-32-26(33)18-24(21-11-7-5-8-12-21)31-28(34)22-13-9-6-10-14-22/h1,5-14,16-17,19,24H,4,15,18H2,2H3,(H,31,34)(H,32,33)/b30-19-/t24-/m0/s1. The number of hydrazone groups is 1. The molecule has 0 unspecified atom stereocenters. The molecule has 0 fully saturated rings. The highest BCUT2D eigenvalue weighted by Gasteiger charge is 2.19. The van der Waals surface area contributed by atoms with Crippen LogP contribution in [0.5, 0.6) is 11.5 Å². The smallest absolute Gasteiger partial charge is 0.251 e. The third-order valence-corrected chi connectivity index (χ3v) is 5.25. The first kappa shape index (κ1) is 26.3. The number of hydrogen-bond donors (Lipinski definition) is 2. The summed E-state index contributed by atoms with van der Waals surface area (Å²) in [7, 11) is 0. The molecule has 3 aromatic carbocycles. The number of carbonyl (C=O) groups is 2. The highest BCUT2D eigenvalue weighted by molar-refractivity contribution is 6.32. The average Bonchev–Trinajstić information content (AvgIpc) is 2.89. The van der Waals surface area contributed by atoms with E-state index in [2.05, 4.69) is 21.8 Å². The molecule has 3 rings (SSSR count). The Labute approximate surface area is 215 Å². The Morgan fingerprint density at radius 1 is 1.08 bits per heavy atom. The molecule has 0 aliphatic heterocycles. The maximum atomic E-state index is 12.7. The first-order valence-electron chi connectivity index (χ1n) is 11.3. The van der Waals surface area contributed by atoms with Crippen molar-refractivity contribution in [2.45, 2.75) is 19.4 Å². The normalized spacial score (nSPS) is 11.4. The number of nitrogens with zero attached hydrogens (tertiary/aromatic N) is 1. The van der Waals surface area contributed by atoms with Crippen LogP contribution < -0.4 is 20.2 Å². The highest BCUT2D eigenvalue weighted by atomic mass is 35.5. The lowest BCUT2D eigenvalue weighted by Crippen LogP contribution is -2.32. The molecule has 0 saturated carbocycles. The summed E-state index contributed by atoms with van der Waals surface area (Å²) in [5.41, 5.74) is 4.40. The van der Waals surface area contributed by atoms with Crippen molar-refractivity contribution in [2.24, 2.45) is 5.10 Å². The fourth-order valence-electron chi connectivity index (χ4n) is 3.36. The molecule has 184 valence electrons. The number of hydrogen-bond acceptors (Lipinski definition) is 5. The first-order valence-corrected chi connectivity index (χ1v) is 11.6. The second-order valence-electron chi connectivity index (χ2n) is 7.56. The monoisotopic (exact) mass is 503 g/mol. The Kier molecular flexibility index (Phi) is 9.92. The molecule has 0 heterocycles. The maximum Gasteiger partial charge on any atom is 0.251 e. The summed E-state index contributed by atoms with van der Waals surface area (Å²) in [6.45, 7) is 2.28. The molecule has 0 radical (unpaired) electrons. The van der Waals surface area contributed by atoms with Crippen molar-refractivity contribution in [3.63, 3.8) is 0 Å². The van der Waals surface area contributed by atoms with Crippen LogP contribution in [0, 0.1) is 12.3 Å². The largest absolute Gasteiger partial charge is 0.490 e. The summed E-state index contributed by atoms with van der Waals surface area (Å²) in [5, 5.41) is 7.26. The van der Waals surface area contributed by atoms with E-state index in [-0.39, 0.29) is 24.8 Å². The average molecular weight is 504 g/mol. The van der Waals surface area contributed by atoms with E-state index >= 15 is 0 Å². The van der Waals surface area contributed by atoms with Gasteiger partial charge in [-0.15, -0.1) is 6.42 Å². The molecule has 3 aromatic rings. The molecule has 0 aromatic heterocycles. The van der Waals surface area contributed by atoms with E-state index < -0.39 is 6.04 Å². The summed E-state index contributed by atoms with van der Waals surface area (Å²) >= 11 is 6.32. The van der Waals surface area contributed by atoms with Gasteiger partial charge in [-0.2, -0.15) is 5.10 Å². The molecule has 0 spiro atoms. The zero-order valence-corrected chi connectivity index (χ0v) is 20.5. The molecule has 2 N–H and O–H groups in total. The minimum Gasteiger partial charge on any atom is -0.490 e. The van der Waals surface area contributed by atoms with Crippen LogP contribution in [0.1, 0.15) is 40.9 Å². The van der Waals surface area contributed by atoms with Crippen LogP contribution in [0.4, 0.5) is 0 Å². The van der Waals surface area contributed by atoms with Crippen molar-refractivity contribution >= 4 is 29.6 Å². The van der Waals surface area contributed by atoms with E-state index in [0.29, 0.717) is 34.3 Å². The number of benzene rings is 3. The maximum absolute atomic E-state index is 12.7. The number of ether oxygens (including phenoxy) is 2. The van der Waals surface area contributed by atoms with E-state index in [4.69, 9.17) is 27.5 Å². The van der Waals surface area contributed by atoms with Gasteiger partial charge in [0, 0.05) is 5.56 Å². The molecule has 1 atom stereocenters. The molecular weight excluding hydrogens is 478 g/mol. The quantitative estimate of drug-likeness (QED) is 0.224. The second-order valence-corrected chi connectivity index (χ2v) is 7.96. The SMILES string of the molecule is C#CCOc1c(Cl)cc(/C=N\NC(=O)C[C@H](NC(=O)c2ccccc2)c2ccccc2)cc1OCC. The minimum absolute atomic E-state index is 0.0102. The summed E-state index contributed by atoms with van der Waals surface area (Å²) in [5.74, 6) is 2.50. The van der Waals surface area contributed by atoms with E-state index in [1.165, 1.54) is 6.21 Å². The van der Waals surface area contributed by atoms with Crippen LogP contribution in [0.25, 0.3) is 0 Å². The van der Waals surface area contributed by atoms with Gasteiger partial charge < -0.3 is 14.8 Å². The van der Waals surface area contributed by atoms with Gasteiger partial charge in [0.2, 0.25) is 5.91 Å². The van der Waals surface area contributed by atoms with E-state index in [9.17, 15) is 9.59 Å². The van der Waals surface area contributed by atoms with Gasteiger partial charge >= 0.3 is 0 Å². The highest BCUT2D eigenvalue weighted by Crippen LogP contribution is 2.36. The Balaban J connectivity index is 1.69. The third kappa shape index (κ3) is 7.62. The van der Waals surface area contributed by atoms with E-state index in [1.807, 2.05) is 43.3 Å². The van der Waals surface area contributed by atoms with Crippen LogP contribution in [0.15, 0.2) is 77.9 Å². The minimum atomic E-state index is -0.541. The van der Waals surface area contributed by atoms with Gasteiger partial charge in [-0.3, -0.25) is 9.59 Å². The molecule has 36 heavy (non-hydrogen) atoms. The van der Waals surface area contributed by atoms with Crippen molar-refractivity contribution in [1.82, 2.24) is 10.7 Å². The number of carbonyl (C=O) groups excluding carboxylic acids is 2. The van der Waals surface area contributed by atoms with Crippen LogP contribution in [-0.2, 0) is 4.79 Å². The Bertz CT molecular complexity index is 1240. The first-order chi connectivity index (χ1) is 17.5. The molecule has 2 amide bonds. The summed E-state index contributed by atoms with van der Waals surface area (Å²) in [6.07, 6.45) is 6.69. The number of halogens is 1. The molecule has 0 bridgehead atoms. The zero-order chi connectivity index (χ0) is 25.8. The third-order valence-electron chi connectivity index (χ3n) is 4.97. The van der Waals surface area contributed by atoms with Crippen LogP contribution >= 0.6 is 11.6 Å².